The van der Waals surface area contributed by atoms with Gasteiger partial charge in [-0.05, 0) is 44.5 Å². The molecule has 0 aliphatic rings. The van der Waals surface area contributed by atoms with Gasteiger partial charge in [-0.15, -0.1) is 11.3 Å². The Balaban J connectivity index is 1.33. The van der Waals surface area contributed by atoms with E-state index in [0.717, 1.165) is 38.4 Å². The van der Waals surface area contributed by atoms with E-state index in [9.17, 15) is 9.59 Å². The zero-order valence-electron chi connectivity index (χ0n) is 22.6. The molecule has 0 radical (unpaired) electrons. The SMILES string of the molecule is Cc1cc(C(=O)COc2ncnc3scc(-c4ccccc4)c23)c(C)n1-c1c(C)n(C)n(-c2ccccc2)c1=O. The van der Waals surface area contributed by atoms with Crippen LogP contribution in [0.4, 0.5) is 0 Å². The highest BCUT2D eigenvalue weighted by molar-refractivity contribution is 7.17. The van der Waals surface area contributed by atoms with Crippen molar-refractivity contribution in [1.29, 1.82) is 0 Å². The molecule has 200 valence electrons. The molecule has 0 N–H and O–H groups in total. The van der Waals surface area contributed by atoms with Gasteiger partial charge in [0.05, 0.1) is 16.8 Å². The van der Waals surface area contributed by atoms with E-state index < -0.39 is 0 Å². The maximum Gasteiger partial charge on any atom is 0.295 e. The normalized spacial score (nSPS) is 11.3. The summed E-state index contributed by atoms with van der Waals surface area (Å²) in [6, 6.07) is 21.3. The minimum absolute atomic E-state index is 0.155. The number of hydrogen-bond donors (Lipinski definition) is 0. The molecular weight excluding hydrogens is 522 g/mol. The van der Waals surface area contributed by atoms with E-state index in [1.807, 2.05) is 109 Å². The summed E-state index contributed by atoms with van der Waals surface area (Å²) in [6.45, 7) is 5.47. The van der Waals surface area contributed by atoms with Crippen molar-refractivity contribution < 1.29 is 9.53 Å². The van der Waals surface area contributed by atoms with Crippen LogP contribution in [0.15, 0.2) is 83.2 Å². The molecule has 0 saturated heterocycles. The molecule has 0 spiro atoms. The third kappa shape index (κ3) is 4.15. The number of thiophene rings is 1. The van der Waals surface area contributed by atoms with Crippen LogP contribution < -0.4 is 10.3 Å². The lowest BCUT2D eigenvalue weighted by Gasteiger charge is -2.09. The molecular formula is C31H27N5O3S. The zero-order chi connectivity index (χ0) is 28.0. The molecule has 40 heavy (non-hydrogen) atoms. The number of carbonyl (C=O) groups is 1. The van der Waals surface area contributed by atoms with Crippen LogP contribution in [0.2, 0.25) is 0 Å². The van der Waals surface area contributed by atoms with Crippen LogP contribution in [-0.2, 0) is 7.05 Å². The summed E-state index contributed by atoms with van der Waals surface area (Å²) in [5.41, 5.74) is 5.91. The van der Waals surface area contributed by atoms with Crippen molar-refractivity contribution in [2.75, 3.05) is 6.61 Å². The number of carbonyl (C=O) groups excluding carboxylic acids is 1. The number of ketones is 1. The van der Waals surface area contributed by atoms with E-state index in [-0.39, 0.29) is 17.9 Å². The highest BCUT2D eigenvalue weighted by Crippen LogP contribution is 2.37. The van der Waals surface area contributed by atoms with Gasteiger partial charge in [0, 0.05) is 34.9 Å². The van der Waals surface area contributed by atoms with Crippen LogP contribution in [-0.4, -0.2) is 36.3 Å². The molecule has 4 aromatic heterocycles. The standard InChI is InChI=1S/C31H27N5O3S/c1-19-15-24(20(2)35(19)28-21(3)34(4)36(31(28)38)23-13-9-6-10-14-23)26(37)16-39-29-27-25(22-11-7-5-8-12-22)17-40-30(27)33-18-32-29/h5-15,17-18H,16H2,1-4H3. The molecule has 0 atom stereocenters. The van der Waals surface area contributed by atoms with Gasteiger partial charge in [-0.2, -0.15) is 0 Å². The predicted molar refractivity (Wildman–Crippen MR) is 157 cm³/mol. The molecule has 6 aromatic rings. The number of aromatic nitrogens is 5. The zero-order valence-corrected chi connectivity index (χ0v) is 23.4. The number of Topliss-reactive ketones (excluding diaryl/α,β-unsaturated/α-hetero) is 1. The number of fused-ring (bicyclic) bond motifs is 1. The fourth-order valence-electron chi connectivity index (χ4n) is 5.20. The molecule has 0 unspecified atom stereocenters. The van der Waals surface area contributed by atoms with E-state index in [4.69, 9.17) is 4.74 Å². The van der Waals surface area contributed by atoms with Gasteiger partial charge < -0.3 is 9.30 Å². The van der Waals surface area contributed by atoms with Crippen molar-refractivity contribution in [2.45, 2.75) is 20.8 Å². The second-order valence-corrected chi connectivity index (χ2v) is 10.5. The first-order valence-corrected chi connectivity index (χ1v) is 13.7. The second kappa shape index (κ2) is 10.1. The number of aryl methyl sites for hydroxylation is 1. The molecule has 0 saturated carbocycles. The van der Waals surface area contributed by atoms with Gasteiger partial charge in [0.25, 0.3) is 5.56 Å². The van der Waals surface area contributed by atoms with Crippen molar-refractivity contribution in [3.8, 4) is 28.4 Å². The van der Waals surface area contributed by atoms with Crippen molar-refractivity contribution in [2.24, 2.45) is 7.05 Å². The summed E-state index contributed by atoms with van der Waals surface area (Å²) >= 11 is 1.51. The van der Waals surface area contributed by atoms with E-state index in [1.54, 1.807) is 4.68 Å². The quantitative estimate of drug-likeness (QED) is 0.234. The molecule has 8 nitrogen and oxygen atoms in total. The summed E-state index contributed by atoms with van der Waals surface area (Å²) in [7, 11) is 1.86. The van der Waals surface area contributed by atoms with Crippen LogP contribution in [0.5, 0.6) is 5.88 Å². The van der Waals surface area contributed by atoms with Crippen LogP contribution in [0, 0.1) is 20.8 Å². The average Bonchev–Trinajstić information content (AvgIpc) is 3.60. The Labute approximate surface area is 234 Å². The van der Waals surface area contributed by atoms with E-state index >= 15 is 0 Å². The number of ether oxygens (including phenoxy) is 1. The summed E-state index contributed by atoms with van der Waals surface area (Å²) < 4.78 is 11.4. The number of hydrogen-bond acceptors (Lipinski definition) is 6. The largest absolute Gasteiger partial charge is 0.469 e. The summed E-state index contributed by atoms with van der Waals surface area (Å²) in [5.74, 6) is 0.177. The third-order valence-electron chi connectivity index (χ3n) is 7.24. The Hall–Kier alpha value is -4.76. The smallest absolute Gasteiger partial charge is 0.295 e. The lowest BCUT2D eigenvalue weighted by atomic mass is 10.1. The summed E-state index contributed by atoms with van der Waals surface area (Å²) in [6.07, 6.45) is 1.45. The fraction of sp³-hybridized carbons (Fsp3) is 0.161. The van der Waals surface area contributed by atoms with Crippen molar-refractivity contribution in [3.63, 3.8) is 0 Å². The first kappa shape index (κ1) is 25.5. The van der Waals surface area contributed by atoms with Gasteiger partial charge in [-0.25, -0.2) is 14.6 Å². The van der Waals surface area contributed by atoms with E-state index in [1.165, 1.54) is 17.7 Å². The predicted octanol–water partition coefficient (Wildman–Crippen LogP) is 5.83. The Bertz CT molecular complexity index is 1930. The maximum atomic E-state index is 13.7. The van der Waals surface area contributed by atoms with Gasteiger partial charge in [-0.1, -0.05) is 48.5 Å². The number of benzene rings is 2. The van der Waals surface area contributed by atoms with Gasteiger partial charge in [0.15, 0.2) is 6.61 Å². The highest BCUT2D eigenvalue weighted by Gasteiger charge is 2.24. The lowest BCUT2D eigenvalue weighted by Crippen LogP contribution is -2.22. The van der Waals surface area contributed by atoms with Crippen molar-refractivity contribution >= 4 is 27.3 Å². The number of rotatable bonds is 7. The Morgan fingerprint density at radius 2 is 1.65 bits per heavy atom. The van der Waals surface area contributed by atoms with Gasteiger partial charge in [0.1, 0.15) is 16.8 Å². The molecule has 0 aliphatic carbocycles. The van der Waals surface area contributed by atoms with Crippen molar-refractivity contribution in [3.05, 3.63) is 111 Å². The molecule has 4 heterocycles. The molecule has 6 rings (SSSR count). The van der Waals surface area contributed by atoms with Gasteiger partial charge >= 0.3 is 0 Å². The minimum Gasteiger partial charge on any atom is -0.469 e. The minimum atomic E-state index is -0.195. The first-order valence-electron chi connectivity index (χ1n) is 12.8. The highest BCUT2D eigenvalue weighted by atomic mass is 32.1. The van der Waals surface area contributed by atoms with Crippen LogP contribution >= 0.6 is 11.3 Å². The number of nitrogens with zero attached hydrogens (tertiary/aromatic N) is 5. The Morgan fingerprint density at radius 1 is 0.950 bits per heavy atom. The van der Waals surface area contributed by atoms with Crippen LogP contribution in [0.3, 0.4) is 0 Å². The van der Waals surface area contributed by atoms with Gasteiger partial charge in [-0.3, -0.25) is 14.3 Å². The molecule has 0 bridgehead atoms. The first-order chi connectivity index (χ1) is 19.4. The van der Waals surface area contributed by atoms with Crippen LogP contribution in [0.25, 0.3) is 32.7 Å². The molecule has 2 aromatic carbocycles. The Kier molecular flexibility index (Phi) is 6.43. The summed E-state index contributed by atoms with van der Waals surface area (Å²) in [4.78, 5) is 36.7. The summed E-state index contributed by atoms with van der Waals surface area (Å²) in [5, 5.41) is 2.82. The molecule has 0 amide bonds. The van der Waals surface area contributed by atoms with E-state index in [2.05, 4.69) is 9.97 Å². The van der Waals surface area contributed by atoms with E-state index in [0.29, 0.717) is 22.8 Å². The lowest BCUT2D eigenvalue weighted by molar-refractivity contribution is 0.0918. The maximum absolute atomic E-state index is 13.7. The molecule has 9 heteroatoms. The Morgan fingerprint density at radius 3 is 2.38 bits per heavy atom. The number of para-hydroxylation sites is 1. The third-order valence-corrected chi connectivity index (χ3v) is 8.13. The fourth-order valence-corrected chi connectivity index (χ4v) is 6.11. The molecule has 0 aliphatic heterocycles. The average molecular weight is 550 g/mol. The molecule has 0 fully saturated rings. The van der Waals surface area contributed by atoms with Gasteiger partial charge in [0.2, 0.25) is 11.7 Å². The van der Waals surface area contributed by atoms with Crippen molar-refractivity contribution in [1.82, 2.24) is 23.9 Å². The second-order valence-electron chi connectivity index (χ2n) is 9.62. The monoisotopic (exact) mass is 549 g/mol. The topological polar surface area (TPSA) is 83.9 Å². The van der Waals surface area contributed by atoms with Crippen LogP contribution in [0.1, 0.15) is 27.4 Å².